The van der Waals surface area contributed by atoms with Crippen molar-refractivity contribution in [2.45, 2.75) is 26.7 Å². The first-order valence-electron chi connectivity index (χ1n) is 4.95. The van der Waals surface area contributed by atoms with E-state index in [-0.39, 0.29) is 0 Å². The van der Waals surface area contributed by atoms with Crippen LogP contribution in [0.3, 0.4) is 0 Å². The van der Waals surface area contributed by atoms with E-state index in [9.17, 15) is 4.79 Å². The summed E-state index contributed by atoms with van der Waals surface area (Å²) in [6.45, 7) is 4.36. The van der Waals surface area contributed by atoms with Gasteiger partial charge in [0, 0.05) is 0 Å². The van der Waals surface area contributed by atoms with Crippen molar-refractivity contribution in [1.82, 2.24) is 0 Å². The zero-order valence-electron chi connectivity index (χ0n) is 8.66. The summed E-state index contributed by atoms with van der Waals surface area (Å²) in [6.07, 6.45) is 2.18. The predicted octanol–water partition coefficient (Wildman–Crippen LogP) is 2.97. The molecule has 2 nitrogen and oxygen atoms in total. The SMILES string of the molecule is CCC(C)Cc1ccc(C(=O)O)cc1. The van der Waals surface area contributed by atoms with Crippen molar-refractivity contribution >= 4 is 5.97 Å². The molecular weight excluding hydrogens is 176 g/mol. The second-order valence-electron chi connectivity index (χ2n) is 3.72. The zero-order chi connectivity index (χ0) is 10.6. The maximum absolute atomic E-state index is 10.6. The summed E-state index contributed by atoms with van der Waals surface area (Å²) in [5.74, 6) is -0.203. The smallest absolute Gasteiger partial charge is 0.335 e. The lowest BCUT2D eigenvalue weighted by Gasteiger charge is -2.07. The molecule has 1 atom stereocenters. The molecule has 0 fully saturated rings. The van der Waals surface area contributed by atoms with Crippen molar-refractivity contribution in [3.8, 4) is 0 Å². The van der Waals surface area contributed by atoms with Crippen molar-refractivity contribution < 1.29 is 9.90 Å². The second kappa shape index (κ2) is 4.80. The largest absolute Gasteiger partial charge is 0.478 e. The van der Waals surface area contributed by atoms with Crippen molar-refractivity contribution in [1.29, 1.82) is 0 Å². The molecule has 76 valence electrons. The molecule has 1 aromatic rings. The Morgan fingerprint density at radius 1 is 1.36 bits per heavy atom. The highest BCUT2D eigenvalue weighted by Crippen LogP contribution is 2.12. The second-order valence-corrected chi connectivity index (χ2v) is 3.72. The van der Waals surface area contributed by atoms with Crippen LogP contribution >= 0.6 is 0 Å². The number of carboxylic acids is 1. The molecule has 0 aromatic heterocycles. The van der Waals surface area contributed by atoms with Crippen LogP contribution in [0.4, 0.5) is 0 Å². The molecule has 1 rings (SSSR count). The van der Waals surface area contributed by atoms with Crippen molar-refractivity contribution in [2.75, 3.05) is 0 Å². The Morgan fingerprint density at radius 2 is 1.93 bits per heavy atom. The van der Waals surface area contributed by atoms with Gasteiger partial charge in [0.05, 0.1) is 5.56 Å². The van der Waals surface area contributed by atoms with E-state index in [2.05, 4.69) is 13.8 Å². The van der Waals surface area contributed by atoms with Crippen LogP contribution in [-0.4, -0.2) is 11.1 Å². The standard InChI is InChI=1S/C12H16O2/c1-3-9(2)8-10-4-6-11(7-5-10)12(13)14/h4-7,9H,3,8H2,1-2H3,(H,13,14). The Hall–Kier alpha value is -1.31. The van der Waals surface area contributed by atoms with Crippen LogP contribution in [0.2, 0.25) is 0 Å². The number of hydrogen-bond acceptors (Lipinski definition) is 1. The summed E-state index contributed by atoms with van der Waals surface area (Å²) < 4.78 is 0. The van der Waals surface area contributed by atoms with Gasteiger partial charge >= 0.3 is 5.97 Å². The van der Waals surface area contributed by atoms with E-state index < -0.39 is 5.97 Å². The highest BCUT2D eigenvalue weighted by atomic mass is 16.4. The lowest BCUT2D eigenvalue weighted by Crippen LogP contribution is -1.99. The summed E-state index contributed by atoms with van der Waals surface area (Å²) in [6, 6.07) is 7.13. The minimum atomic E-state index is -0.861. The third kappa shape index (κ3) is 2.87. The van der Waals surface area contributed by atoms with Gasteiger partial charge < -0.3 is 5.11 Å². The van der Waals surface area contributed by atoms with E-state index in [4.69, 9.17) is 5.11 Å². The third-order valence-electron chi connectivity index (χ3n) is 2.48. The van der Waals surface area contributed by atoms with Crippen LogP contribution < -0.4 is 0 Å². The monoisotopic (exact) mass is 192 g/mol. The van der Waals surface area contributed by atoms with Gasteiger partial charge in [0.2, 0.25) is 0 Å². The molecule has 2 heteroatoms. The van der Waals surface area contributed by atoms with Gasteiger partial charge in [-0.05, 0) is 30.0 Å². The highest BCUT2D eigenvalue weighted by Gasteiger charge is 2.03. The molecule has 0 saturated heterocycles. The van der Waals surface area contributed by atoms with E-state index in [1.54, 1.807) is 12.1 Å². The fraction of sp³-hybridized carbons (Fsp3) is 0.417. The van der Waals surface area contributed by atoms with E-state index >= 15 is 0 Å². The maximum Gasteiger partial charge on any atom is 0.335 e. The number of carbonyl (C=O) groups is 1. The van der Waals surface area contributed by atoms with E-state index in [0.29, 0.717) is 11.5 Å². The van der Waals surface area contributed by atoms with Crippen molar-refractivity contribution in [3.05, 3.63) is 35.4 Å². The summed E-state index contributed by atoms with van der Waals surface area (Å²) in [7, 11) is 0. The Kier molecular flexibility index (Phi) is 3.69. The molecule has 0 aliphatic rings. The minimum Gasteiger partial charge on any atom is -0.478 e. The molecule has 0 aliphatic carbocycles. The predicted molar refractivity (Wildman–Crippen MR) is 56.6 cm³/mol. The molecular formula is C12H16O2. The molecule has 14 heavy (non-hydrogen) atoms. The fourth-order valence-electron chi connectivity index (χ4n) is 1.33. The maximum atomic E-state index is 10.6. The quantitative estimate of drug-likeness (QED) is 0.796. The third-order valence-corrected chi connectivity index (χ3v) is 2.48. The van der Waals surface area contributed by atoms with Gasteiger partial charge in [-0.1, -0.05) is 32.4 Å². The van der Waals surface area contributed by atoms with Gasteiger partial charge in [-0.2, -0.15) is 0 Å². The normalized spacial score (nSPS) is 12.4. The molecule has 0 saturated carbocycles. The van der Waals surface area contributed by atoms with E-state index in [0.717, 1.165) is 12.8 Å². The molecule has 0 amide bonds. The van der Waals surface area contributed by atoms with Gasteiger partial charge in [-0.3, -0.25) is 0 Å². The van der Waals surface area contributed by atoms with Gasteiger partial charge in [-0.15, -0.1) is 0 Å². The number of rotatable bonds is 4. The van der Waals surface area contributed by atoms with Crippen LogP contribution in [-0.2, 0) is 6.42 Å². The molecule has 0 aliphatic heterocycles. The van der Waals surface area contributed by atoms with E-state index in [1.165, 1.54) is 5.56 Å². The highest BCUT2D eigenvalue weighted by molar-refractivity contribution is 5.87. The van der Waals surface area contributed by atoms with E-state index in [1.807, 2.05) is 12.1 Å². The first-order chi connectivity index (χ1) is 6.63. The van der Waals surface area contributed by atoms with Gasteiger partial charge in [-0.25, -0.2) is 4.79 Å². The topological polar surface area (TPSA) is 37.3 Å². The summed E-state index contributed by atoms with van der Waals surface area (Å²) in [5.41, 5.74) is 1.57. The molecule has 1 unspecified atom stereocenters. The minimum absolute atomic E-state index is 0.359. The molecule has 0 heterocycles. The van der Waals surface area contributed by atoms with Crippen LogP contribution in [0.25, 0.3) is 0 Å². The Labute approximate surface area is 84.6 Å². The van der Waals surface area contributed by atoms with Crippen LogP contribution in [0.5, 0.6) is 0 Å². The Bertz CT molecular complexity index is 301. The fourth-order valence-corrected chi connectivity index (χ4v) is 1.33. The van der Waals surface area contributed by atoms with Crippen molar-refractivity contribution in [3.63, 3.8) is 0 Å². The lowest BCUT2D eigenvalue weighted by atomic mass is 9.98. The molecule has 1 N–H and O–H groups in total. The van der Waals surface area contributed by atoms with Crippen LogP contribution in [0, 0.1) is 5.92 Å². The summed E-state index contributed by atoms with van der Waals surface area (Å²) in [5, 5.41) is 8.70. The molecule has 1 aromatic carbocycles. The molecule has 0 radical (unpaired) electrons. The van der Waals surface area contributed by atoms with Crippen molar-refractivity contribution in [2.24, 2.45) is 5.92 Å². The average molecular weight is 192 g/mol. The van der Waals surface area contributed by atoms with Crippen LogP contribution in [0.15, 0.2) is 24.3 Å². The van der Waals surface area contributed by atoms with Gasteiger partial charge in [0.15, 0.2) is 0 Å². The average Bonchev–Trinajstić information content (AvgIpc) is 2.18. The summed E-state index contributed by atoms with van der Waals surface area (Å²) >= 11 is 0. The Morgan fingerprint density at radius 3 is 2.36 bits per heavy atom. The zero-order valence-corrected chi connectivity index (χ0v) is 8.66. The molecule has 0 spiro atoms. The summed E-state index contributed by atoms with van der Waals surface area (Å²) in [4.78, 5) is 10.6. The van der Waals surface area contributed by atoms with Gasteiger partial charge in [0.25, 0.3) is 0 Å². The Balaban J connectivity index is 2.68. The number of carboxylic acid groups (broad SMARTS) is 1. The number of aromatic carboxylic acids is 1. The van der Waals surface area contributed by atoms with Gasteiger partial charge in [0.1, 0.15) is 0 Å². The first-order valence-corrected chi connectivity index (χ1v) is 4.95. The lowest BCUT2D eigenvalue weighted by molar-refractivity contribution is 0.0697. The van der Waals surface area contributed by atoms with Crippen LogP contribution in [0.1, 0.15) is 36.2 Å². The molecule has 0 bridgehead atoms. The first kappa shape index (κ1) is 10.8. The number of hydrogen-bond donors (Lipinski definition) is 1. The number of benzene rings is 1.